The van der Waals surface area contributed by atoms with Gasteiger partial charge in [-0.1, -0.05) is 37.0 Å². The first-order valence-corrected chi connectivity index (χ1v) is 8.23. The van der Waals surface area contributed by atoms with Gasteiger partial charge in [0.05, 0.1) is 27.0 Å². The largest absolute Gasteiger partial charge is 0.324 e. The van der Waals surface area contributed by atoms with E-state index in [1.165, 1.54) is 6.42 Å². The first-order valence-electron chi connectivity index (χ1n) is 6.94. The number of halogens is 3. The van der Waals surface area contributed by atoms with Crippen LogP contribution in [0.5, 0.6) is 0 Å². The highest BCUT2D eigenvalue weighted by Gasteiger charge is 2.33. The molecular weight excluding hydrogens is 315 g/mol. The molecule has 2 nitrogen and oxygen atoms in total. The Morgan fingerprint density at radius 1 is 1.20 bits per heavy atom. The summed E-state index contributed by atoms with van der Waals surface area (Å²) in [5, 5.41) is 1.11. The first-order chi connectivity index (χ1) is 9.52. The van der Waals surface area contributed by atoms with Gasteiger partial charge in [-0.25, -0.2) is 4.98 Å². The van der Waals surface area contributed by atoms with Crippen LogP contribution in [0.2, 0.25) is 10.0 Å². The van der Waals surface area contributed by atoms with E-state index in [4.69, 9.17) is 34.8 Å². The number of alkyl halides is 1. The summed E-state index contributed by atoms with van der Waals surface area (Å²) < 4.78 is 2.28. The molecule has 5 heteroatoms. The average molecular weight is 332 g/mol. The van der Waals surface area contributed by atoms with Crippen molar-refractivity contribution in [2.75, 3.05) is 0 Å². The van der Waals surface area contributed by atoms with Gasteiger partial charge in [-0.05, 0) is 36.8 Å². The number of nitrogens with zero attached hydrogens (tertiary/aromatic N) is 2. The molecule has 1 aromatic carbocycles. The number of benzene rings is 1. The van der Waals surface area contributed by atoms with Gasteiger partial charge in [0.25, 0.3) is 0 Å². The molecule has 0 amide bonds. The highest BCUT2D eigenvalue weighted by atomic mass is 35.5. The third-order valence-corrected chi connectivity index (χ3v) is 5.64. The quantitative estimate of drug-likeness (QED) is 0.646. The summed E-state index contributed by atoms with van der Waals surface area (Å²) in [7, 11) is 0. The molecule has 3 rings (SSSR count). The van der Waals surface area contributed by atoms with E-state index in [9.17, 15) is 0 Å². The molecule has 1 fully saturated rings. The van der Waals surface area contributed by atoms with Gasteiger partial charge in [0, 0.05) is 6.04 Å². The first kappa shape index (κ1) is 14.5. The van der Waals surface area contributed by atoms with Crippen LogP contribution in [-0.2, 0) is 5.88 Å². The van der Waals surface area contributed by atoms with Crippen molar-refractivity contribution >= 4 is 45.8 Å². The van der Waals surface area contributed by atoms with Crippen molar-refractivity contribution in [1.82, 2.24) is 9.55 Å². The van der Waals surface area contributed by atoms with Gasteiger partial charge in [-0.15, -0.1) is 11.6 Å². The number of aromatic nitrogens is 2. The predicted molar refractivity (Wildman–Crippen MR) is 85.9 cm³/mol. The van der Waals surface area contributed by atoms with Crippen LogP contribution in [0.1, 0.15) is 38.6 Å². The molecule has 1 aliphatic carbocycles. The SMILES string of the molecule is CC1CCC(n2c(CCl)nc3cc(Cl)c(Cl)cc32)C1C. The van der Waals surface area contributed by atoms with Gasteiger partial charge in [-0.2, -0.15) is 0 Å². The van der Waals surface area contributed by atoms with Crippen LogP contribution in [-0.4, -0.2) is 9.55 Å². The minimum Gasteiger partial charge on any atom is -0.324 e. The summed E-state index contributed by atoms with van der Waals surface area (Å²) >= 11 is 18.4. The second kappa shape index (κ2) is 5.40. The molecule has 2 aromatic rings. The van der Waals surface area contributed by atoms with E-state index in [1.807, 2.05) is 12.1 Å². The fourth-order valence-electron chi connectivity index (χ4n) is 3.31. The van der Waals surface area contributed by atoms with Crippen molar-refractivity contribution in [3.8, 4) is 0 Å². The minimum absolute atomic E-state index is 0.404. The molecule has 3 unspecified atom stereocenters. The van der Waals surface area contributed by atoms with E-state index >= 15 is 0 Å². The monoisotopic (exact) mass is 330 g/mol. The molecule has 20 heavy (non-hydrogen) atoms. The number of fused-ring (bicyclic) bond motifs is 1. The minimum atomic E-state index is 0.404. The molecule has 0 N–H and O–H groups in total. The number of rotatable bonds is 2. The van der Waals surface area contributed by atoms with E-state index in [-0.39, 0.29) is 0 Å². The van der Waals surface area contributed by atoms with E-state index in [2.05, 4.69) is 23.4 Å². The predicted octanol–water partition coefficient (Wildman–Crippen LogP) is 5.69. The van der Waals surface area contributed by atoms with Crippen molar-refractivity contribution in [2.45, 2.75) is 38.6 Å². The zero-order valence-corrected chi connectivity index (χ0v) is 13.8. The molecule has 1 heterocycles. The molecule has 1 aromatic heterocycles. The Hall–Kier alpha value is -0.440. The zero-order chi connectivity index (χ0) is 14.4. The molecular formula is C15H17Cl3N2. The summed E-state index contributed by atoms with van der Waals surface area (Å²) in [6.07, 6.45) is 2.41. The van der Waals surface area contributed by atoms with Crippen LogP contribution in [0.3, 0.4) is 0 Å². The Morgan fingerprint density at radius 3 is 2.50 bits per heavy atom. The lowest BCUT2D eigenvalue weighted by atomic mass is 9.97. The van der Waals surface area contributed by atoms with Crippen LogP contribution in [0.25, 0.3) is 11.0 Å². The zero-order valence-electron chi connectivity index (χ0n) is 11.5. The van der Waals surface area contributed by atoms with Crippen molar-refractivity contribution in [3.63, 3.8) is 0 Å². The van der Waals surface area contributed by atoms with E-state index in [0.717, 1.165) is 29.2 Å². The van der Waals surface area contributed by atoms with Crippen molar-refractivity contribution < 1.29 is 0 Å². The van der Waals surface area contributed by atoms with Crippen LogP contribution in [0, 0.1) is 11.8 Å². The van der Waals surface area contributed by atoms with Crippen molar-refractivity contribution in [3.05, 3.63) is 28.0 Å². The van der Waals surface area contributed by atoms with Crippen LogP contribution < -0.4 is 0 Å². The second-order valence-corrected chi connectivity index (χ2v) is 6.85. The van der Waals surface area contributed by atoms with Gasteiger partial charge in [0.2, 0.25) is 0 Å². The maximum Gasteiger partial charge on any atom is 0.125 e. The second-order valence-electron chi connectivity index (χ2n) is 5.77. The molecule has 0 aliphatic heterocycles. The molecule has 3 atom stereocenters. The van der Waals surface area contributed by atoms with Gasteiger partial charge in [0.1, 0.15) is 5.82 Å². The standard InChI is InChI=1S/C15H17Cl3N2/c1-8-3-4-13(9(8)2)20-14-6-11(18)10(17)5-12(14)19-15(20)7-16/h5-6,8-9,13H,3-4,7H2,1-2H3. The Bertz CT molecular complexity index is 650. The molecule has 108 valence electrons. The van der Waals surface area contributed by atoms with Gasteiger partial charge in [-0.3, -0.25) is 0 Å². The fraction of sp³-hybridized carbons (Fsp3) is 0.533. The van der Waals surface area contributed by atoms with Crippen molar-refractivity contribution in [1.29, 1.82) is 0 Å². The van der Waals surface area contributed by atoms with Gasteiger partial charge < -0.3 is 4.57 Å². The normalized spacial score (nSPS) is 26.6. The Kier molecular flexibility index (Phi) is 3.91. The van der Waals surface area contributed by atoms with E-state index < -0.39 is 0 Å². The Labute approximate surface area is 134 Å². The summed E-state index contributed by atoms with van der Waals surface area (Å²) in [5.41, 5.74) is 1.92. The average Bonchev–Trinajstić information content (AvgIpc) is 2.92. The highest BCUT2D eigenvalue weighted by molar-refractivity contribution is 6.42. The van der Waals surface area contributed by atoms with Crippen LogP contribution in [0.4, 0.5) is 0 Å². The lowest BCUT2D eigenvalue weighted by Gasteiger charge is -2.22. The van der Waals surface area contributed by atoms with E-state index in [0.29, 0.717) is 27.9 Å². The number of imidazole rings is 1. The maximum absolute atomic E-state index is 6.18. The number of hydrogen-bond donors (Lipinski definition) is 0. The summed E-state index contributed by atoms with van der Waals surface area (Å²) in [4.78, 5) is 4.63. The van der Waals surface area contributed by atoms with Crippen LogP contribution >= 0.6 is 34.8 Å². The molecule has 1 saturated carbocycles. The van der Waals surface area contributed by atoms with E-state index in [1.54, 1.807) is 0 Å². The molecule has 0 spiro atoms. The van der Waals surface area contributed by atoms with Crippen molar-refractivity contribution in [2.24, 2.45) is 11.8 Å². The summed E-state index contributed by atoms with van der Waals surface area (Å²) in [5.74, 6) is 2.65. The molecule has 1 aliphatic rings. The van der Waals surface area contributed by atoms with Crippen LogP contribution in [0.15, 0.2) is 12.1 Å². The Morgan fingerprint density at radius 2 is 1.90 bits per heavy atom. The molecule has 0 saturated heterocycles. The lowest BCUT2D eigenvalue weighted by molar-refractivity contribution is 0.354. The maximum atomic E-state index is 6.18. The highest BCUT2D eigenvalue weighted by Crippen LogP contribution is 2.42. The summed E-state index contributed by atoms with van der Waals surface area (Å²) in [6, 6.07) is 4.19. The smallest absolute Gasteiger partial charge is 0.125 e. The van der Waals surface area contributed by atoms with Gasteiger partial charge in [0.15, 0.2) is 0 Å². The number of hydrogen-bond acceptors (Lipinski definition) is 1. The molecule has 0 bridgehead atoms. The fourth-order valence-corrected chi connectivity index (χ4v) is 3.81. The Balaban J connectivity index is 2.20. The van der Waals surface area contributed by atoms with Gasteiger partial charge >= 0.3 is 0 Å². The topological polar surface area (TPSA) is 17.8 Å². The molecule has 0 radical (unpaired) electrons. The lowest BCUT2D eigenvalue weighted by Crippen LogP contribution is -2.16. The summed E-state index contributed by atoms with van der Waals surface area (Å²) in [6.45, 7) is 4.62. The third kappa shape index (κ3) is 2.22. The third-order valence-electron chi connectivity index (χ3n) is 4.68.